The fraction of sp³-hybridized carbons (Fsp3) is 0.889. The van der Waals surface area contributed by atoms with Crippen LogP contribution in [0, 0.1) is 5.41 Å². The number of likely N-dealkylation sites (tertiary alicyclic amines) is 1. The van der Waals surface area contributed by atoms with Crippen LogP contribution in [0.25, 0.3) is 0 Å². The van der Waals surface area contributed by atoms with Crippen LogP contribution in [0.1, 0.15) is 26.7 Å². The Morgan fingerprint density at radius 2 is 2.33 bits per heavy atom. The van der Waals surface area contributed by atoms with Crippen LogP contribution in [0.15, 0.2) is 0 Å². The molecule has 0 aliphatic carbocycles. The van der Waals surface area contributed by atoms with Gasteiger partial charge in [0.1, 0.15) is 0 Å². The van der Waals surface area contributed by atoms with Crippen LogP contribution in [-0.2, 0) is 4.79 Å². The lowest BCUT2D eigenvalue weighted by Crippen LogP contribution is -2.60. The third kappa shape index (κ3) is 1.58. The lowest BCUT2D eigenvalue weighted by molar-refractivity contribution is -0.156. The summed E-state index contributed by atoms with van der Waals surface area (Å²) in [4.78, 5) is 13.4. The quantitative estimate of drug-likeness (QED) is 0.489. The summed E-state index contributed by atoms with van der Waals surface area (Å²) in [6.45, 7) is 5.81. The summed E-state index contributed by atoms with van der Waals surface area (Å²) in [6.07, 6.45) is 2.24. The summed E-state index contributed by atoms with van der Waals surface area (Å²) in [7, 11) is 0. The summed E-state index contributed by atoms with van der Waals surface area (Å²) in [6, 6.07) is 0. The molecule has 0 aromatic carbocycles. The number of amides is 1. The van der Waals surface area contributed by atoms with Crippen LogP contribution >= 0.6 is 11.6 Å². The van der Waals surface area contributed by atoms with Gasteiger partial charge in [-0.15, -0.1) is 11.6 Å². The van der Waals surface area contributed by atoms with Crippen LogP contribution < -0.4 is 0 Å². The van der Waals surface area contributed by atoms with Crippen molar-refractivity contribution < 1.29 is 4.79 Å². The van der Waals surface area contributed by atoms with Crippen molar-refractivity contribution in [2.24, 2.45) is 5.41 Å². The van der Waals surface area contributed by atoms with Gasteiger partial charge >= 0.3 is 0 Å². The highest BCUT2D eigenvalue weighted by atomic mass is 35.5. The van der Waals surface area contributed by atoms with Gasteiger partial charge in [-0.1, -0.05) is 13.3 Å². The molecule has 1 fully saturated rings. The molecule has 0 aromatic heterocycles. The zero-order valence-corrected chi connectivity index (χ0v) is 8.52. The molecule has 70 valence electrons. The number of nitrogens with zero attached hydrogens (tertiary/aromatic N) is 1. The highest BCUT2D eigenvalue weighted by Crippen LogP contribution is 2.32. The highest BCUT2D eigenvalue weighted by molar-refractivity contribution is 6.20. The predicted octanol–water partition coefficient (Wildman–Crippen LogP) is 1.87. The summed E-state index contributed by atoms with van der Waals surface area (Å²) >= 11 is 5.69. The molecule has 1 amide bonds. The van der Waals surface area contributed by atoms with Gasteiger partial charge in [-0.3, -0.25) is 4.79 Å². The van der Waals surface area contributed by atoms with E-state index in [1.807, 2.05) is 11.8 Å². The molecule has 0 spiro atoms. The molecule has 0 bridgehead atoms. The Morgan fingerprint density at radius 3 is 2.75 bits per heavy atom. The molecule has 1 aliphatic rings. The van der Waals surface area contributed by atoms with Gasteiger partial charge in [-0.25, -0.2) is 0 Å². The molecular weight excluding hydrogens is 174 g/mol. The maximum atomic E-state index is 11.5. The molecule has 12 heavy (non-hydrogen) atoms. The van der Waals surface area contributed by atoms with Crippen molar-refractivity contribution in [3.63, 3.8) is 0 Å². The Hall–Kier alpha value is -0.240. The van der Waals surface area contributed by atoms with Crippen molar-refractivity contribution in [2.75, 3.05) is 19.0 Å². The Labute approximate surface area is 78.9 Å². The van der Waals surface area contributed by atoms with Crippen molar-refractivity contribution in [3.05, 3.63) is 0 Å². The molecule has 0 aromatic rings. The van der Waals surface area contributed by atoms with E-state index in [9.17, 15) is 4.79 Å². The summed E-state index contributed by atoms with van der Waals surface area (Å²) in [5, 5.41) is 0. The number of carbonyl (C=O) groups is 1. The number of unbranched alkanes of at least 4 members (excludes halogenated alkanes) is 1. The SMILES string of the molecule is CCCCN1CC(C)(CCl)C1=O. The Balaban J connectivity index is 2.33. The molecule has 1 rings (SSSR count). The zero-order chi connectivity index (χ0) is 9.19. The van der Waals surface area contributed by atoms with Crippen molar-refractivity contribution >= 4 is 17.5 Å². The minimum Gasteiger partial charge on any atom is -0.341 e. The molecular formula is C9H16ClNO. The molecule has 1 aliphatic heterocycles. The third-order valence-electron chi connectivity index (χ3n) is 2.42. The number of alkyl halides is 1. The zero-order valence-electron chi connectivity index (χ0n) is 7.77. The van der Waals surface area contributed by atoms with E-state index in [0.29, 0.717) is 5.88 Å². The van der Waals surface area contributed by atoms with E-state index in [2.05, 4.69) is 6.92 Å². The van der Waals surface area contributed by atoms with Gasteiger partial charge in [0.25, 0.3) is 0 Å². The van der Waals surface area contributed by atoms with Gasteiger partial charge in [0.05, 0.1) is 5.41 Å². The fourth-order valence-electron chi connectivity index (χ4n) is 1.48. The summed E-state index contributed by atoms with van der Waals surface area (Å²) < 4.78 is 0. The first-order valence-corrected chi connectivity index (χ1v) is 5.03. The second-order valence-corrected chi connectivity index (χ2v) is 4.04. The average molecular weight is 190 g/mol. The van der Waals surface area contributed by atoms with Crippen LogP contribution in [0.3, 0.4) is 0 Å². The number of hydrogen-bond acceptors (Lipinski definition) is 1. The van der Waals surface area contributed by atoms with Crippen LogP contribution in [0.5, 0.6) is 0 Å². The van der Waals surface area contributed by atoms with Gasteiger partial charge in [0, 0.05) is 19.0 Å². The lowest BCUT2D eigenvalue weighted by Gasteiger charge is -2.45. The monoisotopic (exact) mass is 189 g/mol. The van der Waals surface area contributed by atoms with E-state index < -0.39 is 0 Å². The van der Waals surface area contributed by atoms with Crippen LogP contribution in [-0.4, -0.2) is 29.8 Å². The second-order valence-electron chi connectivity index (χ2n) is 3.77. The first-order chi connectivity index (χ1) is 5.64. The summed E-state index contributed by atoms with van der Waals surface area (Å²) in [5.41, 5.74) is -0.255. The van der Waals surface area contributed by atoms with Gasteiger partial charge < -0.3 is 4.90 Å². The minimum absolute atomic E-state index is 0.228. The molecule has 3 heteroatoms. The van der Waals surface area contributed by atoms with Crippen molar-refractivity contribution in [3.8, 4) is 0 Å². The van der Waals surface area contributed by atoms with Crippen molar-refractivity contribution in [2.45, 2.75) is 26.7 Å². The average Bonchev–Trinajstić information content (AvgIpc) is 2.11. The maximum Gasteiger partial charge on any atom is 0.231 e. The molecule has 1 atom stereocenters. The Bertz CT molecular complexity index is 183. The fourth-order valence-corrected chi connectivity index (χ4v) is 1.68. The minimum atomic E-state index is -0.255. The molecule has 1 saturated heterocycles. The molecule has 1 unspecified atom stereocenters. The Kier molecular flexibility index (Phi) is 2.99. The van der Waals surface area contributed by atoms with E-state index in [4.69, 9.17) is 11.6 Å². The number of carbonyl (C=O) groups excluding carboxylic acids is 1. The predicted molar refractivity (Wildman–Crippen MR) is 50.3 cm³/mol. The van der Waals surface area contributed by atoms with E-state index >= 15 is 0 Å². The highest BCUT2D eigenvalue weighted by Gasteiger charge is 2.46. The van der Waals surface area contributed by atoms with Crippen LogP contribution in [0.4, 0.5) is 0 Å². The van der Waals surface area contributed by atoms with Crippen LogP contribution in [0.2, 0.25) is 0 Å². The maximum absolute atomic E-state index is 11.5. The molecule has 1 heterocycles. The van der Waals surface area contributed by atoms with Gasteiger partial charge in [-0.2, -0.15) is 0 Å². The van der Waals surface area contributed by atoms with Crippen molar-refractivity contribution in [1.82, 2.24) is 4.90 Å². The largest absolute Gasteiger partial charge is 0.341 e. The number of β-lactam (4-membered cyclic amide) rings is 1. The third-order valence-corrected chi connectivity index (χ3v) is 3.01. The van der Waals surface area contributed by atoms with E-state index in [1.165, 1.54) is 0 Å². The number of hydrogen-bond donors (Lipinski definition) is 0. The molecule has 0 radical (unpaired) electrons. The summed E-state index contributed by atoms with van der Waals surface area (Å²) in [5.74, 6) is 0.681. The number of rotatable bonds is 4. The second kappa shape index (κ2) is 3.65. The first kappa shape index (κ1) is 9.85. The molecule has 0 N–H and O–H groups in total. The first-order valence-electron chi connectivity index (χ1n) is 4.49. The van der Waals surface area contributed by atoms with Gasteiger partial charge in [-0.05, 0) is 13.3 Å². The smallest absolute Gasteiger partial charge is 0.231 e. The van der Waals surface area contributed by atoms with E-state index in [-0.39, 0.29) is 11.3 Å². The lowest BCUT2D eigenvalue weighted by atomic mass is 9.83. The molecule has 2 nitrogen and oxygen atoms in total. The Morgan fingerprint density at radius 1 is 1.67 bits per heavy atom. The molecule has 0 saturated carbocycles. The van der Waals surface area contributed by atoms with E-state index in [0.717, 1.165) is 25.9 Å². The van der Waals surface area contributed by atoms with E-state index in [1.54, 1.807) is 0 Å². The van der Waals surface area contributed by atoms with Gasteiger partial charge in [0.15, 0.2) is 0 Å². The standard InChI is InChI=1S/C9H16ClNO/c1-3-4-5-11-7-9(2,6-10)8(11)12/h3-7H2,1-2H3. The topological polar surface area (TPSA) is 20.3 Å². The van der Waals surface area contributed by atoms with Crippen molar-refractivity contribution in [1.29, 1.82) is 0 Å². The normalized spacial score (nSPS) is 28.9. The van der Waals surface area contributed by atoms with Gasteiger partial charge in [0.2, 0.25) is 5.91 Å². The number of halogens is 1.